The number of fused-ring (bicyclic) bond motifs is 1. The third-order valence-corrected chi connectivity index (χ3v) is 4.58. The van der Waals surface area contributed by atoms with E-state index in [0.29, 0.717) is 0 Å². The van der Waals surface area contributed by atoms with Gasteiger partial charge in [-0.2, -0.15) is 0 Å². The molecule has 1 N–H and O–H groups in total. The lowest BCUT2D eigenvalue weighted by molar-refractivity contribution is -0.136. The normalized spacial score (nSPS) is 21.8. The van der Waals surface area contributed by atoms with E-state index in [-0.39, 0.29) is 10.5 Å². The number of ketones is 1. The molecule has 0 radical (unpaired) electrons. The van der Waals surface area contributed by atoms with Gasteiger partial charge in [-0.3, -0.25) is 9.59 Å². The summed E-state index contributed by atoms with van der Waals surface area (Å²) in [7, 11) is -3.82. The number of benzene rings is 1. The lowest BCUT2D eigenvalue weighted by atomic mass is 10.1. The van der Waals surface area contributed by atoms with Crippen molar-refractivity contribution in [3.05, 3.63) is 29.8 Å². The second-order valence-corrected chi connectivity index (χ2v) is 5.59. The predicted octanol–water partition coefficient (Wildman–Crippen LogP) is 0.500. The summed E-state index contributed by atoms with van der Waals surface area (Å²) >= 11 is 0. The molecule has 16 heavy (non-hydrogen) atoms. The van der Waals surface area contributed by atoms with E-state index in [2.05, 4.69) is 0 Å². The van der Waals surface area contributed by atoms with Crippen LogP contribution in [0.1, 0.15) is 16.8 Å². The van der Waals surface area contributed by atoms with Crippen molar-refractivity contribution >= 4 is 21.6 Å². The molecule has 0 fully saturated rings. The molecule has 0 amide bonds. The average molecular weight is 240 g/mol. The number of aliphatic carboxylic acids is 1. The van der Waals surface area contributed by atoms with Gasteiger partial charge in [0.2, 0.25) is 0 Å². The number of carbonyl (C=O) groups is 2. The molecule has 0 spiro atoms. The molecule has 0 saturated carbocycles. The minimum Gasteiger partial charge on any atom is -0.481 e. The number of hydrogen-bond acceptors (Lipinski definition) is 4. The maximum absolute atomic E-state index is 11.8. The van der Waals surface area contributed by atoms with Crippen molar-refractivity contribution in [2.75, 3.05) is 0 Å². The molecule has 1 atom stereocenters. The molecule has 1 aromatic rings. The van der Waals surface area contributed by atoms with Gasteiger partial charge in [-0.05, 0) is 6.07 Å². The fourth-order valence-corrected chi connectivity index (χ4v) is 3.57. The van der Waals surface area contributed by atoms with Gasteiger partial charge in [0.15, 0.2) is 15.6 Å². The van der Waals surface area contributed by atoms with Gasteiger partial charge in [0.1, 0.15) is 5.25 Å². The summed E-state index contributed by atoms with van der Waals surface area (Å²) in [5.74, 6) is -1.92. The SMILES string of the molecule is O=C(O)CC1C(=O)c2ccccc2S1(=O)=O. The van der Waals surface area contributed by atoms with Gasteiger partial charge in [-0.15, -0.1) is 0 Å². The molecule has 5 nitrogen and oxygen atoms in total. The first-order chi connectivity index (χ1) is 7.44. The molecule has 2 rings (SSSR count). The Bertz CT molecular complexity index is 573. The molecule has 0 aromatic heterocycles. The van der Waals surface area contributed by atoms with Crippen LogP contribution >= 0.6 is 0 Å². The molecule has 0 aliphatic carbocycles. The first kappa shape index (κ1) is 10.8. The molecule has 1 aliphatic rings. The highest BCUT2D eigenvalue weighted by Crippen LogP contribution is 2.32. The summed E-state index contributed by atoms with van der Waals surface area (Å²) < 4.78 is 23.7. The van der Waals surface area contributed by atoms with Crippen LogP contribution in [0.5, 0.6) is 0 Å². The quantitative estimate of drug-likeness (QED) is 0.813. The van der Waals surface area contributed by atoms with Gasteiger partial charge in [-0.1, -0.05) is 18.2 Å². The van der Waals surface area contributed by atoms with E-state index in [4.69, 9.17) is 5.11 Å². The number of hydrogen-bond donors (Lipinski definition) is 1. The second kappa shape index (κ2) is 3.41. The Morgan fingerprint density at radius 1 is 1.31 bits per heavy atom. The Kier molecular flexibility index (Phi) is 2.31. The van der Waals surface area contributed by atoms with E-state index >= 15 is 0 Å². The van der Waals surface area contributed by atoms with Crippen LogP contribution in [0.25, 0.3) is 0 Å². The summed E-state index contributed by atoms with van der Waals surface area (Å²) in [6, 6.07) is 5.78. The number of rotatable bonds is 2. The first-order valence-electron chi connectivity index (χ1n) is 4.53. The minimum absolute atomic E-state index is 0.0637. The molecule has 0 saturated heterocycles. The van der Waals surface area contributed by atoms with E-state index < -0.39 is 33.3 Å². The largest absolute Gasteiger partial charge is 0.481 e. The first-order valence-corrected chi connectivity index (χ1v) is 6.08. The zero-order valence-electron chi connectivity index (χ0n) is 8.08. The minimum atomic E-state index is -3.82. The average Bonchev–Trinajstić information content (AvgIpc) is 2.41. The zero-order valence-corrected chi connectivity index (χ0v) is 8.90. The van der Waals surface area contributed by atoms with Crippen molar-refractivity contribution in [3.63, 3.8) is 0 Å². The van der Waals surface area contributed by atoms with E-state index in [1.165, 1.54) is 18.2 Å². The number of carbonyl (C=O) groups excluding carboxylic acids is 1. The Balaban J connectivity index is 2.58. The van der Waals surface area contributed by atoms with Crippen molar-refractivity contribution < 1.29 is 23.1 Å². The number of carboxylic acid groups (broad SMARTS) is 1. The molecule has 1 heterocycles. The topological polar surface area (TPSA) is 88.5 Å². The van der Waals surface area contributed by atoms with Crippen LogP contribution in [0.15, 0.2) is 29.2 Å². The van der Waals surface area contributed by atoms with Crippen LogP contribution in [-0.4, -0.2) is 30.5 Å². The standard InChI is InChI=1S/C10H8O5S/c11-9(12)5-8-10(13)6-3-1-2-4-7(6)16(8,14)15/h1-4,8H,5H2,(H,11,12). The van der Waals surface area contributed by atoms with Crippen LogP contribution in [0.2, 0.25) is 0 Å². The molecule has 0 bridgehead atoms. The highest BCUT2D eigenvalue weighted by atomic mass is 32.2. The lowest BCUT2D eigenvalue weighted by Crippen LogP contribution is -2.25. The fourth-order valence-electron chi connectivity index (χ4n) is 1.75. The summed E-state index contributed by atoms with van der Waals surface area (Å²) in [6.45, 7) is 0. The lowest BCUT2D eigenvalue weighted by Gasteiger charge is -2.03. The molecule has 1 aliphatic heterocycles. The van der Waals surface area contributed by atoms with Crippen LogP contribution in [0.4, 0.5) is 0 Å². The van der Waals surface area contributed by atoms with Crippen LogP contribution < -0.4 is 0 Å². The highest BCUT2D eigenvalue weighted by Gasteiger charge is 2.44. The van der Waals surface area contributed by atoms with Gasteiger partial charge < -0.3 is 5.11 Å². The van der Waals surface area contributed by atoms with E-state index in [1.54, 1.807) is 6.07 Å². The molecule has 1 unspecified atom stereocenters. The fraction of sp³-hybridized carbons (Fsp3) is 0.200. The van der Waals surface area contributed by atoms with Gasteiger partial charge >= 0.3 is 5.97 Å². The molecule has 1 aromatic carbocycles. The Hall–Kier alpha value is -1.69. The Morgan fingerprint density at radius 3 is 2.50 bits per heavy atom. The van der Waals surface area contributed by atoms with Gasteiger partial charge in [0.05, 0.1) is 11.3 Å². The summed E-state index contributed by atoms with van der Waals surface area (Å²) in [4.78, 5) is 22.2. The van der Waals surface area contributed by atoms with Crippen molar-refractivity contribution in [2.45, 2.75) is 16.6 Å². The van der Waals surface area contributed by atoms with Crippen molar-refractivity contribution in [1.29, 1.82) is 0 Å². The monoisotopic (exact) mass is 240 g/mol. The maximum atomic E-state index is 11.8. The Labute approximate surface area is 91.6 Å². The number of sulfone groups is 1. The van der Waals surface area contributed by atoms with Crippen molar-refractivity contribution in [2.24, 2.45) is 0 Å². The van der Waals surface area contributed by atoms with E-state index in [9.17, 15) is 18.0 Å². The summed E-state index contributed by atoms with van der Waals surface area (Å²) in [5, 5.41) is 7.12. The number of carboxylic acids is 1. The van der Waals surface area contributed by atoms with Gasteiger partial charge in [0.25, 0.3) is 0 Å². The van der Waals surface area contributed by atoms with Crippen molar-refractivity contribution in [1.82, 2.24) is 0 Å². The van der Waals surface area contributed by atoms with E-state index in [0.717, 1.165) is 0 Å². The second-order valence-electron chi connectivity index (χ2n) is 3.49. The molecular formula is C10H8O5S. The summed E-state index contributed by atoms with van der Waals surface area (Å²) in [6.07, 6.45) is -0.685. The van der Waals surface area contributed by atoms with Gasteiger partial charge in [-0.25, -0.2) is 8.42 Å². The van der Waals surface area contributed by atoms with Gasteiger partial charge in [0, 0.05) is 5.56 Å². The van der Waals surface area contributed by atoms with Crippen LogP contribution in [0, 0.1) is 0 Å². The Morgan fingerprint density at radius 2 is 1.94 bits per heavy atom. The molecular weight excluding hydrogens is 232 g/mol. The van der Waals surface area contributed by atoms with E-state index in [1.807, 2.05) is 0 Å². The van der Waals surface area contributed by atoms with Crippen molar-refractivity contribution in [3.8, 4) is 0 Å². The molecule has 6 heteroatoms. The summed E-state index contributed by atoms with van der Waals surface area (Å²) in [5.41, 5.74) is 0.0914. The third-order valence-electron chi connectivity index (χ3n) is 2.49. The number of Topliss-reactive ketones (excluding diaryl/α,β-unsaturated/α-hetero) is 1. The smallest absolute Gasteiger partial charge is 0.305 e. The maximum Gasteiger partial charge on any atom is 0.305 e. The third kappa shape index (κ3) is 1.42. The zero-order chi connectivity index (χ0) is 11.9. The highest BCUT2D eigenvalue weighted by molar-refractivity contribution is 7.93. The molecule has 84 valence electrons. The van der Waals surface area contributed by atoms with Crippen LogP contribution in [-0.2, 0) is 14.6 Å². The van der Waals surface area contributed by atoms with Crippen LogP contribution in [0.3, 0.4) is 0 Å². The predicted molar refractivity (Wildman–Crippen MR) is 54.0 cm³/mol.